The van der Waals surface area contributed by atoms with Crippen LogP contribution in [0.4, 0.5) is 0 Å². The second-order valence-electron chi connectivity index (χ2n) is 6.96. The summed E-state index contributed by atoms with van der Waals surface area (Å²) < 4.78 is 0. The molecule has 1 aliphatic heterocycles. The first-order valence-corrected chi connectivity index (χ1v) is 9.29. The van der Waals surface area contributed by atoms with Gasteiger partial charge in [-0.2, -0.15) is 0 Å². The molecule has 0 radical (unpaired) electrons. The minimum absolute atomic E-state index is 0.736. The van der Waals surface area contributed by atoms with Crippen molar-refractivity contribution in [1.82, 2.24) is 10.2 Å². The highest BCUT2D eigenvalue weighted by atomic mass is 32.1. The SMILES string of the molecule is c1csc(C(C2CC2)N2CCC(NCC3CC3)CC2)c1. The zero-order valence-electron chi connectivity index (χ0n) is 12.3. The lowest BCUT2D eigenvalue weighted by Crippen LogP contribution is -2.44. The van der Waals surface area contributed by atoms with E-state index >= 15 is 0 Å². The molecule has 0 amide bonds. The minimum atomic E-state index is 0.736. The van der Waals surface area contributed by atoms with Crippen molar-refractivity contribution in [2.45, 2.75) is 50.6 Å². The third-order valence-electron chi connectivity index (χ3n) is 5.22. The molecule has 1 atom stereocenters. The molecular weight excluding hydrogens is 264 g/mol. The van der Waals surface area contributed by atoms with Crippen LogP contribution in [0.15, 0.2) is 17.5 Å². The van der Waals surface area contributed by atoms with Gasteiger partial charge in [0, 0.05) is 30.1 Å². The molecule has 0 spiro atoms. The van der Waals surface area contributed by atoms with Gasteiger partial charge >= 0.3 is 0 Å². The van der Waals surface area contributed by atoms with E-state index in [-0.39, 0.29) is 0 Å². The van der Waals surface area contributed by atoms with Crippen LogP contribution in [0.1, 0.15) is 49.4 Å². The Labute approximate surface area is 126 Å². The number of rotatable bonds is 6. The lowest BCUT2D eigenvalue weighted by Gasteiger charge is -2.38. The van der Waals surface area contributed by atoms with E-state index in [1.807, 2.05) is 11.3 Å². The largest absolute Gasteiger partial charge is 0.314 e. The average molecular weight is 290 g/mol. The fraction of sp³-hybridized carbons (Fsp3) is 0.765. The van der Waals surface area contributed by atoms with E-state index in [0.717, 1.165) is 23.9 Å². The lowest BCUT2D eigenvalue weighted by molar-refractivity contribution is 0.130. The quantitative estimate of drug-likeness (QED) is 0.860. The Bertz CT molecular complexity index is 414. The molecule has 3 heteroatoms. The maximum absolute atomic E-state index is 3.80. The second kappa shape index (κ2) is 5.78. The summed E-state index contributed by atoms with van der Waals surface area (Å²) in [6.45, 7) is 3.87. The van der Waals surface area contributed by atoms with Crippen molar-refractivity contribution >= 4 is 11.3 Å². The van der Waals surface area contributed by atoms with Gasteiger partial charge in [0.2, 0.25) is 0 Å². The fourth-order valence-electron chi connectivity index (χ4n) is 3.62. The predicted octanol–water partition coefficient (Wildman–Crippen LogP) is 3.66. The van der Waals surface area contributed by atoms with E-state index < -0.39 is 0 Å². The van der Waals surface area contributed by atoms with Crippen molar-refractivity contribution in [3.63, 3.8) is 0 Å². The first kappa shape index (κ1) is 13.3. The highest BCUT2D eigenvalue weighted by molar-refractivity contribution is 7.10. The van der Waals surface area contributed by atoms with Crippen molar-refractivity contribution < 1.29 is 0 Å². The first-order valence-electron chi connectivity index (χ1n) is 8.41. The molecule has 2 nitrogen and oxygen atoms in total. The second-order valence-corrected chi connectivity index (χ2v) is 7.94. The van der Waals surface area contributed by atoms with Gasteiger partial charge in [-0.25, -0.2) is 0 Å². The van der Waals surface area contributed by atoms with Gasteiger partial charge in [-0.05, 0) is 68.4 Å². The molecule has 2 saturated carbocycles. The van der Waals surface area contributed by atoms with Crippen molar-refractivity contribution in [2.24, 2.45) is 11.8 Å². The molecular formula is C17H26N2S. The van der Waals surface area contributed by atoms with Crippen LogP contribution in [-0.4, -0.2) is 30.6 Å². The van der Waals surface area contributed by atoms with Gasteiger partial charge in [0.15, 0.2) is 0 Å². The van der Waals surface area contributed by atoms with Gasteiger partial charge < -0.3 is 5.32 Å². The van der Waals surface area contributed by atoms with E-state index in [9.17, 15) is 0 Å². The Morgan fingerprint density at radius 2 is 1.95 bits per heavy atom. The van der Waals surface area contributed by atoms with E-state index in [1.165, 1.54) is 58.2 Å². The molecule has 1 aromatic rings. The summed E-state index contributed by atoms with van der Waals surface area (Å²) in [6, 6.07) is 6.10. The van der Waals surface area contributed by atoms with E-state index in [1.54, 1.807) is 4.88 Å². The van der Waals surface area contributed by atoms with E-state index in [2.05, 4.69) is 27.7 Å². The minimum Gasteiger partial charge on any atom is -0.314 e. The van der Waals surface area contributed by atoms with Crippen LogP contribution in [0.5, 0.6) is 0 Å². The van der Waals surface area contributed by atoms with E-state index in [0.29, 0.717) is 0 Å². The maximum atomic E-state index is 3.80. The van der Waals surface area contributed by atoms with Crippen molar-refractivity contribution in [1.29, 1.82) is 0 Å². The van der Waals surface area contributed by atoms with Crippen LogP contribution in [-0.2, 0) is 0 Å². The molecule has 1 saturated heterocycles. The molecule has 1 aromatic heterocycles. The molecule has 4 rings (SSSR count). The standard InChI is InChI=1S/C17H26N2S/c1-2-16(20-11-1)17(14-5-6-14)19-9-7-15(8-10-19)18-12-13-3-4-13/h1-2,11,13-15,17-18H,3-10,12H2. The molecule has 2 heterocycles. The topological polar surface area (TPSA) is 15.3 Å². The first-order chi connectivity index (χ1) is 9.90. The average Bonchev–Trinajstić information content (AvgIpc) is 3.39. The Balaban J connectivity index is 1.32. The highest BCUT2D eigenvalue weighted by Crippen LogP contribution is 2.46. The summed E-state index contributed by atoms with van der Waals surface area (Å²) in [5.41, 5.74) is 0. The normalized spacial score (nSPS) is 26.8. The van der Waals surface area contributed by atoms with Crippen LogP contribution in [0.3, 0.4) is 0 Å². The molecule has 110 valence electrons. The summed E-state index contributed by atoms with van der Waals surface area (Å²) in [7, 11) is 0. The number of hydrogen-bond donors (Lipinski definition) is 1. The summed E-state index contributed by atoms with van der Waals surface area (Å²) in [5.74, 6) is 1.96. The zero-order valence-corrected chi connectivity index (χ0v) is 13.1. The Morgan fingerprint density at radius 1 is 1.15 bits per heavy atom. The van der Waals surface area contributed by atoms with Crippen LogP contribution in [0.2, 0.25) is 0 Å². The third-order valence-corrected chi connectivity index (χ3v) is 6.16. The predicted molar refractivity (Wildman–Crippen MR) is 85.1 cm³/mol. The Hall–Kier alpha value is -0.380. The number of nitrogens with one attached hydrogen (secondary N) is 1. The fourth-order valence-corrected chi connectivity index (χ4v) is 4.57. The molecule has 3 fully saturated rings. The summed E-state index contributed by atoms with van der Waals surface area (Å²) >= 11 is 1.96. The lowest BCUT2D eigenvalue weighted by atomic mass is 10.00. The summed E-state index contributed by atoms with van der Waals surface area (Å²) in [4.78, 5) is 4.38. The van der Waals surface area contributed by atoms with Crippen LogP contribution in [0.25, 0.3) is 0 Å². The zero-order chi connectivity index (χ0) is 13.4. The van der Waals surface area contributed by atoms with Crippen molar-refractivity contribution in [3.8, 4) is 0 Å². The van der Waals surface area contributed by atoms with E-state index in [4.69, 9.17) is 0 Å². The molecule has 2 aliphatic carbocycles. The van der Waals surface area contributed by atoms with Crippen molar-refractivity contribution in [2.75, 3.05) is 19.6 Å². The summed E-state index contributed by atoms with van der Waals surface area (Å²) in [5, 5.41) is 6.04. The van der Waals surface area contributed by atoms with Crippen LogP contribution in [0, 0.1) is 11.8 Å². The third kappa shape index (κ3) is 3.10. The smallest absolute Gasteiger partial charge is 0.0469 e. The molecule has 3 aliphatic rings. The Kier molecular flexibility index (Phi) is 3.84. The van der Waals surface area contributed by atoms with Crippen LogP contribution >= 0.6 is 11.3 Å². The number of thiophene rings is 1. The highest BCUT2D eigenvalue weighted by Gasteiger charge is 2.38. The molecule has 1 unspecified atom stereocenters. The van der Waals surface area contributed by atoms with Gasteiger partial charge in [0.1, 0.15) is 0 Å². The molecule has 20 heavy (non-hydrogen) atoms. The van der Waals surface area contributed by atoms with Gasteiger partial charge in [-0.1, -0.05) is 6.07 Å². The monoisotopic (exact) mass is 290 g/mol. The number of hydrogen-bond acceptors (Lipinski definition) is 3. The van der Waals surface area contributed by atoms with Crippen LogP contribution < -0.4 is 5.32 Å². The number of nitrogens with zero attached hydrogens (tertiary/aromatic N) is 1. The maximum Gasteiger partial charge on any atom is 0.0469 e. The van der Waals surface area contributed by atoms with Gasteiger partial charge in [0.25, 0.3) is 0 Å². The molecule has 0 aromatic carbocycles. The molecule has 1 N–H and O–H groups in total. The molecule has 0 bridgehead atoms. The Morgan fingerprint density at radius 3 is 2.55 bits per heavy atom. The van der Waals surface area contributed by atoms with Gasteiger partial charge in [-0.15, -0.1) is 11.3 Å². The van der Waals surface area contributed by atoms with Gasteiger partial charge in [0.05, 0.1) is 0 Å². The van der Waals surface area contributed by atoms with Gasteiger partial charge in [-0.3, -0.25) is 4.90 Å². The number of piperidine rings is 1. The van der Waals surface area contributed by atoms with Crippen molar-refractivity contribution in [3.05, 3.63) is 22.4 Å². The number of likely N-dealkylation sites (tertiary alicyclic amines) is 1. The summed E-state index contributed by atoms with van der Waals surface area (Å²) in [6.07, 6.45) is 8.52.